The van der Waals surface area contributed by atoms with Gasteiger partial charge in [-0.2, -0.15) is 0 Å². The van der Waals surface area contributed by atoms with E-state index in [1.54, 1.807) is 4.90 Å². The Morgan fingerprint density at radius 1 is 0.967 bits per heavy atom. The summed E-state index contributed by atoms with van der Waals surface area (Å²) in [5, 5.41) is 3.71. The van der Waals surface area contributed by atoms with Gasteiger partial charge in [0.1, 0.15) is 0 Å². The van der Waals surface area contributed by atoms with Crippen molar-refractivity contribution in [2.45, 2.75) is 19.3 Å². The van der Waals surface area contributed by atoms with Crippen LogP contribution in [-0.2, 0) is 9.59 Å². The van der Waals surface area contributed by atoms with Gasteiger partial charge < -0.3 is 15.1 Å². The second-order valence-corrected chi connectivity index (χ2v) is 8.24. The molecule has 30 heavy (non-hydrogen) atoms. The first-order valence-corrected chi connectivity index (χ1v) is 10.9. The first-order chi connectivity index (χ1) is 14.6. The van der Waals surface area contributed by atoms with Gasteiger partial charge in [-0.15, -0.1) is 0 Å². The minimum absolute atomic E-state index is 0.0114. The van der Waals surface area contributed by atoms with Gasteiger partial charge in [-0.3, -0.25) is 14.5 Å². The van der Waals surface area contributed by atoms with Crippen LogP contribution in [0.5, 0.6) is 0 Å². The fourth-order valence-electron chi connectivity index (χ4n) is 4.03. The topological polar surface area (TPSA) is 55.9 Å². The molecule has 0 unspecified atom stereocenters. The van der Waals surface area contributed by atoms with E-state index in [1.807, 2.05) is 42.5 Å². The number of piperazine rings is 1. The molecule has 2 saturated heterocycles. The molecule has 1 N–H and O–H groups in total. The van der Waals surface area contributed by atoms with Gasteiger partial charge in [0.15, 0.2) is 0 Å². The zero-order chi connectivity index (χ0) is 20.9. The Balaban J connectivity index is 1.20. The van der Waals surface area contributed by atoms with Gasteiger partial charge in [-0.1, -0.05) is 17.7 Å². The molecule has 2 amide bonds. The quantitative estimate of drug-likeness (QED) is 0.766. The van der Waals surface area contributed by atoms with Crippen LogP contribution in [0.4, 0.5) is 17.1 Å². The molecule has 7 heteroatoms. The van der Waals surface area contributed by atoms with Crippen molar-refractivity contribution in [3.63, 3.8) is 0 Å². The second-order valence-electron chi connectivity index (χ2n) is 7.80. The molecule has 158 valence electrons. The number of nitrogens with one attached hydrogen (secondary N) is 1. The van der Waals surface area contributed by atoms with Gasteiger partial charge in [0, 0.05) is 74.2 Å². The van der Waals surface area contributed by atoms with Crippen LogP contribution in [0.25, 0.3) is 0 Å². The fourth-order valence-corrected chi connectivity index (χ4v) is 4.22. The van der Waals surface area contributed by atoms with E-state index in [-0.39, 0.29) is 11.8 Å². The maximum absolute atomic E-state index is 12.3. The van der Waals surface area contributed by atoms with E-state index in [1.165, 1.54) is 0 Å². The van der Waals surface area contributed by atoms with Crippen molar-refractivity contribution in [2.75, 3.05) is 54.4 Å². The maximum atomic E-state index is 12.3. The van der Waals surface area contributed by atoms with Gasteiger partial charge in [0.2, 0.25) is 11.8 Å². The van der Waals surface area contributed by atoms with E-state index in [0.717, 1.165) is 67.8 Å². The highest BCUT2D eigenvalue weighted by atomic mass is 35.5. The van der Waals surface area contributed by atoms with Crippen molar-refractivity contribution < 1.29 is 9.59 Å². The van der Waals surface area contributed by atoms with Crippen LogP contribution < -0.4 is 15.1 Å². The first-order valence-electron chi connectivity index (χ1n) is 10.5. The number of hydrogen-bond donors (Lipinski definition) is 1. The Kier molecular flexibility index (Phi) is 6.55. The van der Waals surface area contributed by atoms with E-state index in [9.17, 15) is 9.59 Å². The SMILES string of the molecule is O=C(CCN1CCN(c2cccc(Cl)c2)CC1)Nc1ccc(N2CCCC2=O)cc1. The summed E-state index contributed by atoms with van der Waals surface area (Å²) in [6, 6.07) is 15.5. The summed E-state index contributed by atoms with van der Waals surface area (Å²) in [7, 11) is 0. The Bertz CT molecular complexity index is 894. The molecule has 2 aromatic carbocycles. The molecule has 0 atom stereocenters. The van der Waals surface area contributed by atoms with E-state index in [2.05, 4.69) is 21.2 Å². The molecular formula is C23H27ClN4O2. The molecular weight excluding hydrogens is 400 g/mol. The normalized spacial score (nSPS) is 17.4. The van der Waals surface area contributed by atoms with Crippen LogP contribution in [0.3, 0.4) is 0 Å². The highest BCUT2D eigenvalue weighted by Crippen LogP contribution is 2.23. The van der Waals surface area contributed by atoms with Crippen LogP contribution in [0.15, 0.2) is 48.5 Å². The maximum Gasteiger partial charge on any atom is 0.227 e. The predicted octanol–water partition coefficient (Wildman–Crippen LogP) is 3.62. The fraction of sp³-hybridized carbons (Fsp3) is 0.391. The van der Waals surface area contributed by atoms with Crippen molar-refractivity contribution >= 4 is 40.5 Å². The number of carbonyl (C=O) groups excluding carboxylic acids is 2. The number of anilines is 3. The smallest absolute Gasteiger partial charge is 0.227 e. The first kappa shape index (κ1) is 20.7. The van der Waals surface area contributed by atoms with Crippen molar-refractivity contribution in [3.05, 3.63) is 53.6 Å². The summed E-state index contributed by atoms with van der Waals surface area (Å²) in [5.41, 5.74) is 2.81. The molecule has 2 aliphatic rings. The summed E-state index contributed by atoms with van der Waals surface area (Å²) in [6.07, 6.45) is 1.99. The van der Waals surface area contributed by atoms with Crippen LogP contribution in [0, 0.1) is 0 Å². The molecule has 2 heterocycles. The van der Waals surface area contributed by atoms with E-state index in [4.69, 9.17) is 11.6 Å². The predicted molar refractivity (Wildman–Crippen MR) is 121 cm³/mol. The van der Waals surface area contributed by atoms with Crippen molar-refractivity contribution in [2.24, 2.45) is 0 Å². The molecule has 0 saturated carbocycles. The highest BCUT2D eigenvalue weighted by molar-refractivity contribution is 6.30. The van der Waals surface area contributed by atoms with Gasteiger partial charge in [-0.25, -0.2) is 0 Å². The molecule has 0 bridgehead atoms. The monoisotopic (exact) mass is 426 g/mol. The largest absolute Gasteiger partial charge is 0.369 e. The van der Waals surface area contributed by atoms with Gasteiger partial charge in [-0.05, 0) is 48.9 Å². The van der Waals surface area contributed by atoms with E-state index < -0.39 is 0 Å². The molecule has 0 spiro atoms. The lowest BCUT2D eigenvalue weighted by atomic mass is 10.2. The van der Waals surface area contributed by atoms with Crippen LogP contribution in [0.2, 0.25) is 5.02 Å². The number of amides is 2. The molecule has 0 radical (unpaired) electrons. The Morgan fingerprint density at radius 2 is 1.73 bits per heavy atom. The van der Waals surface area contributed by atoms with Crippen LogP contribution >= 0.6 is 11.6 Å². The lowest BCUT2D eigenvalue weighted by molar-refractivity contribution is -0.117. The third-order valence-corrected chi connectivity index (χ3v) is 5.97. The van der Waals surface area contributed by atoms with Crippen molar-refractivity contribution in [3.8, 4) is 0 Å². The minimum Gasteiger partial charge on any atom is -0.369 e. The van der Waals surface area contributed by atoms with E-state index in [0.29, 0.717) is 12.8 Å². The standard InChI is InChI=1S/C23H27ClN4O2/c24-18-3-1-4-21(17-18)27-15-13-26(14-16-27)12-10-22(29)25-19-6-8-20(9-7-19)28-11-2-5-23(28)30/h1,3-4,6-9,17H,2,5,10-16H2,(H,25,29). The van der Waals surface area contributed by atoms with Gasteiger partial charge in [0.25, 0.3) is 0 Å². The minimum atomic E-state index is 0.0114. The Hall–Kier alpha value is -2.57. The van der Waals surface area contributed by atoms with Crippen LogP contribution in [-0.4, -0.2) is 56.0 Å². The molecule has 2 aromatic rings. The summed E-state index contributed by atoms with van der Waals surface area (Å²) in [6.45, 7) is 5.23. The number of rotatable bonds is 6. The highest BCUT2D eigenvalue weighted by Gasteiger charge is 2.21. The molecule has 2 fully saturated rings. The van der Waals surface area contributed by atoms with Crippen LogP contribution in [0.1, 0.15) is 19.3 Å². The number of carbonyl (C=O) groups is 2. The van der Waals surface area contributed by atoms with Crippen molar-refractivity contribution in [1.82, 2.24) is 4.90 Å². The molecule has 6 nitrogen and oxygen atoms in total. The lowest BCUT2D eigenvalue weighted by Gasteiger charge is -2.36. The number of halogens is 1. The van der Waals surface area contributed by atoms with Crippen molar-refractivity contribution in [1.29, 1.82) is 0 Å². The number of benzene rings is 2. The summed E-state index contributed by atoms with van der Waals surface area (Å²) >= 11 is 6.09. The molecule has 4 rings (SSSR count). The van der Waals surface area contributed by atoms with Gasteiger partial charge >= 0.3 is 0 Å². The van der Waals surface area contributed by atoms with E-state index >= 15 is 0 Å². The Morgan fingerprint density at radius 3 is 2.40 bits per heavy atom. The van der Waals surface area contributed by atoms with Gasteiger partial charge in [0.05, 0.1) is 0 Å². The third-order valence-electron chi connectivity index (χ3n) is 5.74. The molecule has 0 aromatic heterocycles. The molecule has 0 aliphatic carbocycles. The average Bonchev–Trinajstić information content (AvgIpc) is 3.19. The number of hydrogen-bond acceptors (Lipinski definition) is 4. The Labute approximate surface area is 182 Å². The second kappa shape index (κ2) is 9.49. The molecule has 2 aliphatic heterocycles. The zero-order valence-corrected chi connectivity index (χ0v) is 17.8. The lowest BCUT2D eigenvalue weighted by Crippen LogP contribution is -2.47. The third kappa shape index (κ3) is 5.12. The summed E-state index contributed by atoms with van der Waals surface area (Å²) < 4.78 is 0. The number of nitrogens with zero attached hydrogens (tertiary/aromatic N) is 3. The summed E-state index contributed by atoms with van der Waals surface area (Å²) in [4.78, 5) is 30.6. The average molecular weight is 427 g/mol. The summed E-state index contributed by atoms with van der Waals surface area (Å²) in [5.74, 6) is 0.180. The zero-order valence-electron chi connectivity index (χ0n) is 17.0.